The Hall–Kier alpha value is 0.0200. The molecule has 112 valence electrons. The van der Waals surface area contributed by atoms with E-state index < -0.39 is 10.0 Å². The third-order valence-corrected chi connectivity index (χ3v) is 6.96. The number of benzene rings is 1. The Morgan fingerprint density at radius 2 is 2.10 bits per heavy atom. The minimum absolute atomic E-state index is 0.0862. The van der Waals surface area contributed by atoms with E-state index >= 15 is 0 Å². The number of rotatable bonds is 3. The lowest BCUT2D eigenvalue weighted by atomic mass is 10.2. The standard InChI is InChI=1S/C12H16Cl2N2O2S2/c1-8-7-16(2-3-19-8)20(17,18)12-4-9(6-15)10(13)5-11(12)14/h4-5,8H,2-3,6-7,15H2,1H3. The molecule has 8 heteroatoms. The Morgan fingerprint density at radius 1 is 1.40 bits per heavy atom. The summed E-state index contributed by atoms with van der Waals surface area (Å²) >= 11 is 13.8. The minimum atomic E-state index is -3.60. The highest BCUT2D eigenvalue weighted by molar-refractivity contribution is 8.00. The molecule has 1 fully saturated rings. The van der Waals surface area contributed by atoms with Gasteiger partial charge in [0.1, 0.15) is 4.90 Å². The average Bonchev–Trinajstić information content (AvgIpc) is 2.38. The molecule has 1 heterocycles. The second-order valence-electron chi connectivity index (χ2n) is 4.62. The normalized spacial score (nSPS) is 21.1. The minimum Gasteiger partial charge on any atom is -0.326 e. The van der Waals surface area contributed by atoms with E-state index in [2.05, 4.69) is 0 Å². The van der Waals surface area contributed by atoms with Gasteiger partial charge >= 0.3 is 0 Å². The fraction of sp³-hybridized carbons (Fsp3) is 0.500. The van der Waals surface area contributed by atoms with Crippen molar-refractivity contribution in [2.45, 2.75) is 23.6 Å². The first-order valence-corrected chi connectivity index (χ1v) is 9.40. The van der Waals surface area contributed by atoms with Crippen LogP contribution in [0.25, 0.3) is 0 Å². The summed E-state index contributed by atoms with van der Waals surface area (Å²) in [7, 11) is -3.60. The van der Waals surface area contributed by atoms with E-state index in [1.807, 2.05) is 6.92 Å². The lowest BCUT2D eigenvalue weighted by molar-refractivity contribution is 0.424. The molecular formula is C12H16Cl2N2O2S2. The zero-order valence-electron chi connectivity index (χ0n) is 11.0. The molecule has 2 N–H and O–H groups in total. The van der Waals surface area contributed by atoms with Gasteiger partial charge in [-0.25, -0.2) is 8.42 Å². The predicted octanol–water partition coefficient (Wildman–Crippen LogP) is 2.58. The molecule has 1 aromatic rings. The van der Waals surface area contributed by atoms with Crippen molar-refractivity contribution in [3.05, 3.63) is 27.7 Å². The second-order valence-corrected chi connectivity index (χ2v) is 8.89. The zero-order valence-corrected chi connectivity index (χ0v) is 14.1. The van der Waals surface area contributed by atoms with Crippen LogP contribution in [-0.2, 0) is 16.6 Å². The van der Waals surface area contributed by atoms with Gasteiger partial charge in [-0.3, -0.25) is 0 Å². The molecule has 20 heavy (non-hydrogen) atoms. The topological polar surface area (TPSA) is 63.4 Å². The number of nitrogens with two attached hydrogens (primary N) is 1. The van der Waals surface area contributed by atoms with Crippen molar-refractivity contribution in [1.82, 2.24) is 4.31 Å². The summed E-state index contributed by atoms with van der Waals surface area (Å²) in [5.41, 5.74) is 6.15. The molecule has 1 aromatic carbocycles. The number of thioether (sulfide) groups is 1. The molecule has 0 saturated carbocycles. The van der Waals surface area contributed by atoms with Crippen molar-refractivity contribution < 1.29 is 8.42 Å². The molecule has 0 radical (unpaired) electrons. The van der Waals surface area contributed by atoms with E-state index in [0.29, 0.717) is 23.7 Å². The summed E-state index contributed by atoms with van der Waals surface area (Å²) in [6, 6.07) is 2.92. The molecule has 4 nitrogen and oxygen atoms in total. The molecule has 2 rings (SSSR count). The molecule has 1 saturated heterocycles. The molecule has 0 aliphatic carbocycles. The van der Waals surface area contributed by atoms with Gasteiger partial charge in [0.25, 0.3) is 0 Å². The van der Waals surface area contributed by atoms with Crippen LogP contribution in [0.5, 0.6) is 0 Å². The number of hydrogen-bond donors (Lipinski definition) is 1. The Kier molecular flexibility index (Phi) is 5.26. The maximum atomic E-state index is 12.7. The van der Waals surface area contributed by atoms with Crippen molar-refractivity contribution in [2.75, 3.05) is 18.8 Å². The van der Waals surface area contributed by atoms with Crippen molar-refractivity contribution in [3.63, 3.8) is 0 Å². The van der Waals surface area contributed by atoms with E-state index in [1.165, 1.54) is 16.4 Å². The van der Waals surface area contributed by atoms with Crippen LogP contribution in [0.4, 0.5) is 0 Å². The highest BCUT2D eigenvalue weighted by atomic mass is 35.5. The van der Waals surface area contributed by atoms with E-state index in [1.54, 1.807) is 11.8 Å². The number of sulfonamides is 1. The van der Waals surface area contributed by atoms with Crippen molar-refractivity contribution in [2.24, 2.45) is 5.73 Å². The summed E-state index contributed by atoms with van der Waals surface area (Å²) in [6.07, 6.45) is 0. The number of nitrogens with zero attached hydrogens (tertiary/aromatic N) is 1. The lowest BCUT2D eigenvalue weighted by Crippen LogP contribution is -2.41. The predicted molar refractivity (Wildman–Crippen MR) is 85.0 cm³/mol. The van der Waals surface area contributed by atoms with Gasteiger partial charge in [-0.1, -0.05) is 30.1 Å². The van der Waals surface area contributed by atoms with Crippen LogP contribution < -0.4 is 5.73 Å². The molecule has 1 atom stereocenters. The molecule has 1 aliphatic rings. The first-order valence-electron chi connectivity index (χ1n) is 6.16. The first-order chi connectivity index (χ1) is 9.36. The van der Waals surface area contributed by atoms with Crippen LogP contribution >= 0.6 is 35.0 Å². The summed E-state index contributed by atoms with van der Waals surface area (Å²) < 4.78 is 26.8. The van der Waals surface area contributed by atoms with Gasteiger partial charge < -0.3 is 5.73 Å². The molecule has 1 unspecified atom stereocenters. The fourth-order valence-corrected chi connectivity index (χ4v) is 5.67. The Bertz CT molecular complexity index is 608. The van der Waals surface area contributed by atoms with Gasteiger partial charge in [0.15, 0.2) is 0 Å². The second kappa shape index (κ2) is 6.42. The van der Waals surface area contributed by atoms with Gasteiger partial charge in [0.05, 0.1) is 5.02 Å². The highest BCUT2D eigenvalue weighted by Crippen LogP contribution is 2.32. The monoisotopic (exact) mass is 354 g/mol. The van der Waals surface area contributed by atoms with Gasteiger partial charge in [-0.2, -0.15) is 16.1 Å². The third kappa shape index (κ3) is 3.26. The molecule has 0 spiro atoms. The van der Waals surface area contributed by atoms with Crippen LogP contribution in [0.15, 0.2) is 17.0 Å². The molecule has 0 amide bonds. The Balaban J connectivity index is 2.43. The zero-order chi connectivity index (χ0) is 14.9. The fourth-order valence-electron chi connectivity index (χ4n) is 2.07. The Morgan fingerprint density at radius 3 is 2.70 bits per heavy atom. The SMILES string of the molecule is CC1CN(S(=O)(=O)c2cc(CN)c(Cl)cc2Cl)CCS1. The quantitative estimate of drug-likeness (QED) is 0.905. The van der Waals surface area contributed by atoms with Crippen LogP contribution in [0.3, 0.4) is 0 Å². The van der Waals surface area contributed by atoms with Crippen LogP contribution in [0.2, 0.25) is 10.0 Å². The van der Waals surface area contributed by atoms with E-state index in [4.69, 9.17) is 28.9 Å². The Labute approximate surface area is 133 Å². The van der Waals surface area contributed by atoms with Crippen molar-refractivity contribution in [3.8, 4) is 0 Å². The van der Waals surface area contributed by atoms with Crippen LogP contribution in [0.1, 0.15) is 12.5 Å². The smallest absolute Gasteiger partial charge is 0.244 e. The number of halogens is 2. The van der Waals surface area contributed by atoms with Crippen LogP contribution in [-0.4, -0.2) is 36.8 Å². The maximum Gasteiger partial charge on any atom is 0.244 e. The van der Waals surface area contributed by atoms with E-state index in [9.17, 15) is 8.42 Å². The van der Waals surface area contributed by atoms with Gasteiger partial charge in [-0.15, -0.1) is 0 Å². The summed E-state index contributed by atoms with van der Waals surface area (Å²) in [6.45, 7) is 3.17. The molecule has 1 aliphatic heterocycles. The maximum absolute atomic E-state index is 12.7. The lowest BCUT2D eigenvalue weighted by Gasteiger charge is -2.30. The summed E-state index contributed by atoms with van der Waals surface area (Å²) in [5.74, 6) is 0.787. The van der Waals surface area contributed by atoms with Crippen molar-refractivity contribution >= 4 is 45.0 Å². The van der Waals surface area contributed by atoms with Gasteiger partial charge in [0.2, 0.25) is 10.0 Å². The number of hydrogen-bond acceptors (Lipinski definition) is 4. The summed E-state index contributed by atoms with van der Waals surface area (Å²) in [4.78, 5) is 0.0862. The largest absolute Gasteiger partial charge is 0.326 e. The highest BCUT2D eigenvalue weighted by Gasteiger charge is 2.31. The van der Waals surface area contributed by atoms with Gasteiger partial charge in [0, 0.05) is 35.7 Å². The van der Waals surface area contributed by atoms with E-state index in [0.717, 1.165) is 5.75 Å². The van der Waals surface area contributed by atoms with Crippen molar-refractivity contribution in [1.29, 1.82) is 0 Å². The molecule has 0 bridgehead atoms. The summed E-state index contributed by atoms with van der Waals surface area (Å²) in [5, 5.41) is 0.802. The average molecular weight is 355 g/mol. The van der Waals surface area contributed by atoms with Crippen LogP contribution in [0, 0.1) is 0 Å². The molecular weight excluding hydrogens is 339 g/mol. The molecule has 0 aromatic heterocycles. The van der Waals surface area contributed by atoms with Gasteiger partial charge in [-0.05, 0) is 17.7 Å². The van der Waals surface area contributed by atoms with E-state index in [-0.39, 0.29) is 21.7 Å². The first kappa shape index (κ1) is 16.4. The third-order valence-electron chi connectivity index (χ3n) is 3.14.